The second-order valence-corrected chi connectivity index (χ2v) is 8.05. The number of amides is 1. The molecule has 0 bridgehead atoms. The van der Waals surface area contributed by atoms with Gasteiger partial charge in [0.05, 0.1) is 17.2 Å². The molecule has 182 valence electrons. The highest BCUT2D eigenvalue weighted by Gasteiger charge is 2.20. The van der Waals surface area contributed by atoms with Crippen molar-refractivity contribution >= 4 is 29.3 Å². The number of hydrogen-bond donors (Lipinski definition) is 1. The Morgan fingerprint density at radius 3 is 2.54 bits per heavy atom. The number of nitrogens with zero attached hydrogens (tertiary/aromatic N) is 3. The highest BCUT2D eigenvalue weighted by molar-refractivity contribution is 5.96. The second-order valence-electron chi connectivity index (χ2n) is 8.05. The molecule has 0 saturated heterocycles. The largest absolute Gasteiger partial charge is 0.449 e. The summed E-state index contributed by atoms with van der Waals surface area (Å²) in [6.07, 6.45) is 1.60. The average Bonchev–Trinajstić information content (AvgIpc) is 3.07. The lowest BCUT2D eigenvalue weighted by Gasteiger charge is -2.12. The van der Waals surface area contributed by atoms with E-state index in [9.17, 15) is 24.1 Å². The smallest absolute Gasteiger partial charge is 0.331 e. The maximum atomic E-state index is 13.5. The van der Waals surface area contributed by atoms with Crippen LogP contribution in [0.1, 0.15) is 35.0 Å². The molecule has 9 nitrogen and oxygen atoms in total. The van der Waals surface area contributed by atoms with E-state index in [1.807, 2.05) is 49.7 Å². The molecule has 1 aromatic heterocycles. The highest BCUT2D eigenvalue weighted by atomic mass is 19.1. The van der Waals surface area contributed by atoms with E-state index in [0.29, 0.717) is 6.54 Å². The van der Waals surface area contributed by atoms with Crippen LogP contribution < -0.4 is 5.32 Å². The first-order valence-electron chi connectivity index (χ1n) is 10.8. The summed E-state index contributed by atoms with van der Waals surface area (Å²) in [5.41, 5.74) is 3.88. The predicted molar refractivity (Wildman–Crippen MR) is 128 cm³/mol. The zero-order valence-electron chi connectivity index (χ0n) is 19.7. The Bertz CT molecular complexity index is 1300. The van der Waals surface area contributed by atoms with Gasteiger partial charge in [0, 0.05) is 29.1 Å². The van der Waals surface area contributed by atoms with E-state index in [1.54, 1.807) is 6.08 Å². The van der Waals surface area contributed by atoms with Gasteiger partial charge in [0.15, 0.2) is 6.10 Å². The number of rotatable bonds is 8. The molecular formula is C25H25FN4O5. The van der Waals surface area contributed by atoms with Gasteiger partial charge in [-0.2, -0.15) is 9.49 Å². The van der Waals surface area contributed by atoms with Crippen molar-refractivity contribution in [1.29, 1.82) is 0 Å². The number of halogens is 1. The summed E-state index contributed by atoms with van der Waals surface area (Å²) in [6.45, 7) is 7.70. The quantitative estimate of drug-likeness (QED) is 0.220. The molecule has 35 heavy (non-hydrogen) atoms. The molecule has 0 aliphatic heterocycles. The number of aryl methyl sites for hydroxylation is 2. The van der Waals surface area contributed by atoms with Gasteiger partial charge in [0.2, 0.25) is 5.82 Å². The Morgan fingerprint density at radius 2 is 1.89 bits per heavy atom. The van der Waals surface area contributed by atoms with Gasteiger partial charge in [-0.05, 0) is 51.5 Å². The number of carbonyl (C=O) groups excluding carboxylic acids is 2. The molecular weight excluding hydrogens is 455 g/mol. The fraction of sp³-hybridized carbons (Fsp3) is 0.240. The van der Waals surface area contributed by atoms with Crippen LogP contribution in [0.4, 0.5) is 15.8 Å². The average molecular weight is 480 g/mol. The van der Waals surface area contributed by atoms with Gasteiger partial charge >= 0.3 is 11.7 Å². The summed E-state index contributed by atoms with van der Waals surface area (Å²) >= 11 is 0. The zero-order valence-corrected chi connectivity index (χ0v) is 19.7. The van der Waals surface area contributed by atoms with Crippen LogP contribution in [0, 0.1) is 36.7 Å². The van der Waals surface area contributed by atoms with Crippen LogP contribution in [0.3, 0.4) is 0 Å². The Kier molecular flexibility index (Phi) is 7.75. The standard InChI is InChI=1S/C25H25FN4O5/c1-15-5-7-19(8-6-15)14-29-17(3)21(16(2)28-29)10-12-24(31)35-18(4)25(32)27-20-9-11-22(26)23(13-20)30(33)34/h5-13,18H,14H2,1-4H3,(H,27,32)/b12-10+. The molecule has 0 spiro atoms. The second kappa shape index (κ2) is 10.7. The maximum Gasteiger partial charge on any atom is 0.331 e. The Hall–Kier alpha value is -4.34. The van der Waals surface area contributed by atoms with Crippen molar-refractivity contribution in [2.45, 2.75) is 40.3 Å². The van der Waals surface area contributed by atoms with Crippen LogP contribution in [-0.2, 0) is 20.9 Å². The third kappa shape index (κ3) is 6.38. The molecule has 1 unspecified atom stereocenters. The number of nitro groups is 1. The summed E-state index contributed by atoms with van der Waals surface area (Å²) < 4.78 is 20.4. The van der Waals surface area contributed by atoms with Gasteiger partial charge in [0.1, 0.15) is 0 Å². The van der Waals surface area contributed by atoms with Crippen molar-refractivity contribution < 1.29 is 23.6 Å². The fourth-order valence-electron chi connectivity index (χ4n) is 3.36. The predicted octanol–water partition coefficient (Wildman–Crippen LogP) is 4.49. The van der Waals surface area contributed by atoms with Crippen molar-refractivity contribution in [2.75, 3.05) is 5.32 Å². The molecule has 0 radical (unpaired) electrons. The molecule has 3 rings (SSSR count). The third-order valence-electron chi connectivity index (χ3n) is 5.35. The molecule has 0 aliphatic carbocycles. The summed E-state index contributed by atoms with van der Waals surface area (Å²) in [5, 5.41) is 17.8. The molecule has 0 fully saturated rings. The minimum atomic E-state index is -1.19. The van der Waals surface area contributed by atoms with Crippen LogP contribution in [0.15, 0.2) is 48.5 Å². The Balaban J connectivity index is 1.62. The maximum absolute atomic E-state index is 13.5. The number of nitrogens with one attached hydrogen (secondary N) is 1. The number of benzene rings is 2. The van der Waals surface area contributed by atoms with Gasteiger partial charge in [-0.3, -0.25) is 19.6 Å². The number of nitro benzene ring substituents is 1. The lowest BCUT2D eigenvalue weighted by Crippen LogP contribution is -2.29. The first kappa shape index (κ1) is 25.3. The topological polar surface area (TPSA) is 116 Å². The number of anilines is 1. The van der Waals surface area contributed by atoms with Gasteiger partial charge in [0.25, 0.3) is 5.91 Å². The number of aromatic nitrogens is 2. The first-order chi connectivity index (χ1) is 16.5. The zero-order chi connectivity index (χ0) is 25.7. The van der Waals surface area contributed by atoms with E-state index in [2.05, 4.69) is 10.4 Å². The van der Waals surface area contributed by atoms with Crippen LogP contribution in [0.25, 0.3) is 6.08 Å². The van der Waals surface area contributed by atoms with E-state index in [4.69, 9.17) is 4.74 Å². The summed E-state index contributed by atoms with van der Waals surface area (Å²) in [5.74, 6) is -2.49. The van der Waals surface area contributed by atoms with Gasteiger partial charge < -0.3 is 10.1 Å². The van der Waals surface area contributed by atoms with E-state index >= 15 is 0 Å². The van der Waals surface area contributed by atoms with Crippen LogP contribution in [0.5, 0.6) is 0 Å². The molecule has 1 amide bonds. The van der Waals surface area contributed by atoms with Crippen molar-refractivity contribution in [3.8, 4) is 0 Å². The fourth-order valence-corrected chi connectivity index (χ4v) is 3.36. The number of hydrogen-bond acceptors (Lipinski definition) is 6. The van der Waals surface area contributed by atoms with Crippen molar-refractivity contribution in [3.63, 3.8) is 0 Å². The van der Waals surface area contributed by atoms with Gasteiger partial charge in [-0.1, -0.05) is 29.8 Å². The number of carbonyl (C=O) groups is 2. The number of ether oxygens (including phenoxy) is 1. The van der Waals surface area contributed by atoms with E-state index in [0.717, 1.165) is 34.6 Å². The van der Waals surface area contributed by atoms with Crippen molar-refractivity contribution in [2.24, 2.45) is 0 Å². The number of esters is 1. The normalized spacial score (nSPS) is 11.9. The minimum absolute atomic E-state index is 0.00813. The van der Waals surface area contributed by atoms with Crippen LogP contribution >= 0.6 is 0 Å². The lowest BCUT2D eigenvalue weighted by atomic mass is 10.1. The summed E-state index contributed by atoms with van der Waals surface area (Å²) in [6, 6.07) is 11.1. The van der Waals surface area contributed by atoms with E-state index in [1.165, 1.54) is 24.6 Å². The monoisotopic (exact) mass is 480 g/mol. The van der Waals surface area contributed by atoms with Gasteiger partial charge in [-0.15, -0.1) is 0 Å². The molecule has 0 aliphatic rings. The molecule has 1 N–H and O–H groups in total. The lowest BCUT2D eigenvalue weighted by molar-refractivity contribution is -0.387. The van der Waals surface area contributed by atoms with Crippen molar-refractivity contribution in [1.82, 2.24) is 9.78 Å². The molecule has 1 heterocycles. The third-order valence-corrected chi connectivity index (χ3v) is 5.35. The summed E-state index contributed by atoms with van der Waals surface area (Å²) in [4.78, 5) is 34.5. The molecule has 0 saturated carbocycles. The van der Waals surface area contributed by atoms with Crippen molar-refractivity contribution in [3.05, 3.63) is 92.6 Å². The minimum Gasteiger partial charge on any atom is -0.449 e. The molecule has 2 aromatic carbocycles. The van der Waals surface area contributed by atoms with Crippen LogP contribution in [0.2, 0.25) is 0 Å². The summed E-state index contributed by atoms with van der Waals surface area (Å²) in [7, 11) is 0. The van der Waals surface area contributed by atoms with Gasteiger partial charge in [-0.25, -0.2) is 4.79 Å². The first-order valence-corrected chi connectivity index (χ1v) is 10.8. The molecule has 3 aromatic rings. The van der Waals surface area contributed by atoms with E-state index < -0.39 is 34.4 Å². The van der Waals surface area contributed by atoms with E-state index in [-0.39, 0.29) is 5.69 Å². The molecule has 1 atom stereocenters. The Morgan fingerprint density at radius 1 is 1.20 bits per heavy atom. The molecule has 10 heteroatoms. The Labute approximate surface area is 201 Å². The SMILES string of the molecule is Cc1ccc(Cn2nc(C)c(/C=C/C(=O)OC(C)C(=O)Nc3ccc(F)c([N+](=O)[O-])c3)c2C)cc1. The van der Waals surface area contributed by atoms with Crippen LogP contribution in [-0.4, -0.2) is 32.7 Å². The highest BCUT2D eigenvalue weighted by Crippen LogP contribution is 2.22.